The average Bonchev–Trinajstić information content (AvgIpc) is 3.07. The quantitative estimate of drug-likeness (QED) is 0.600. The Morgan fingerprint density at radius 2 is 1.78 bits per heavy atom. The van der Waals surface area contributed by atoms with Gasteiger partial charge in [-0.15, -0.1) is 0 Å². The van der Waals surface area contributed by atoms with Crippen LogP contribution in [0.25, 0.3) is 22.5 Å². The first-order valence-corrected chi connectivity index (χ1v) is 8.59. The molecule has 0 N–H and O–H groups in total. The van der Waals surface area contributed by atoms with E-state index < -0.39 is 5.97 Å². The number of nitriles is 1. The Morgan fingerprint density at radius 3 is 2.37 bits per heavy atom. The van der Waals surface area contributed by atoms with Gasteiger partial charge < -0.3 is 13.9 Å². The van der Waals surface area contributed by atoms with Gasteiger partial charge in [0.15, 0.2) is 5.76 Å². The Morgan fingerprint density at radius 1 is 1.07 bits per heavy atom. The lowest BCUT2D eigenvalue weighted by Gasteiger charge is -2.05. The van der Waals surface area contributed by atoms with Gasteiger partial charge in [-0.2, -0.15) is 5.26 Å². The molecule has 0 saturated heterocycles. The summed E-state index contributed by atoms with van der Waals surface area (Å²) in [4.78, 5) is 12.1. The molecule has 5 heteroatoms. The van der Waals surface area contributed by atoms with Crippen molar-refractivity contribution in [3.05, 3.63) is 65.9 Å². The molecule has 3 rings (SSSR count). The van der Waals surface area contributed by atoms with Gasteiger partial charge in [-0.1, -0.05) is 42.5 Å². The second-order valence-corrected chi connectivity index (χ2v) is 5.79. The van der Waals surface area contributed by atoms with Crippen LogP contribution in [0.4, 0.5) is 0 Å². The zero-order chi connectivity index (χ0) is 19.2. The summed E-state index contributed by atoms with van der Waals surface area (Å²) in [6.45, 7) is 2.04. The number of esters is 1. The minimum Gasteiger partial charge on any atom is -0.497 e. The molecule has 0 unspecified atom stereocenters. The number of nitrogens with zero attached hydrogens (tertiary/aromatic N) is 1. The Labute approximate surface area is 157 Å². The topological polar surface area (TPSA) is 72.5 Å². The van der Waals surface area contributed by atoms with E-state index in [2.05, 4.69) is 6.07 Å². The SMILES string of the molecule is CCOC(=O)Cc1oc(-c2ccccc2)c(C#N)c1-c1ccc(OC)cc1. The predicted octanol–water partition coefficient (Wildman–Crippen LogP) is 4.60. The van der Waals surface area contributed by atoms with E-state index in [4.69, 9.17) is 13.9 Å². The summed E-state index contributed by atoms with van der Waals surface area (Å²) in [6, 6.07) is 18.9. The lowest BCUT2D eigenvalue weighted by atomic mass is 9.97. The van der Waals surface area contributed by atoms with Crippen molar-refractivity contribution in [2.45, 2.75) is 13.3 Å². The molecule has 0 aliphatic rings. The molecule has 0 radical (unpaired) electrons. The molecule has 0 saturated carbocycles. The molecule has 0 amide bonds. The molecule has 1 heterocycles. The van der Waals surface area contributed by atoms with Crippen molar-refractivity contribution < 1.29 is 18.7 Å². The smallest absolute Gasteiger partial charge is 0.313 e. The van der Waals surface area contributed by atoms with Gasteiger partial charge in [-0.3, -0.25) is 4.79 Å². The number of carbonyl (C=O) groups is 1. The highest BCUT2D eigenvalue weighted by atomic mass is 16.5. The summed E-state index contributed by atoms with van der Waals surface area (Å²) in [5.41, 5.74) is 2.55. The highest BCUT2D eigenvalue weighted by Gasteiger charge is 2.24. The first-order valence-electron chi connectivity index (χ1n) is 8.59. The maximum absolute atomic E-state index is 12.1. The maximum Gasteiger partial charge on any atom is 0.313 e. The number of hydrogen-bond acceptors (Lipinski definition) is 5. The van der Waals surface area contributed by atoms with Crippen LogP contribution in [0.5, 0.6) is 5.75 Å². The summed E-state index contributed by atoms with van der Waals surface area (Å²) < 4.78 is 16.3. The number of methoxy groups -OCH3 is 1. The highest BCUT2D eigenvalue weighted by molar-refractivity contribution is 5.84. The molecular weight excluding hydrogens is 342 g/mol. The van der Waals surface area contributed by atoms with E-state index in [0.29, 0.717) is 28.4 Å². The van der Waals surface area contributed by atoms with E-state index in [-0.39, 0.29) is 13.0 Å². The Kier molecular flexibility index (Phi) is 5.58. The van der Waals surface area contributed by atoms with Gasteiger partial charge >= 0.3 is 5.97 Å². The summed E-state index contributed by atoms with van der Waals surface area (Å²) in [7, 11) is 1.59. The molecule has 136 valence electrons. The zero-order valence-corrected chi connectivity index (χ0v) is 15.2. The van der Waals surface area contributed by atoms with Crippen LogP contribution in [-0.4, -0.2) is 19.7 Å². The van der Waals surface area contributed by atoms with Crippen molar-refractivity contribution in [1.29, 1.82) is 5.26 Å². The van der Waals surface area contributed by atoms with Crippen molar-refractivity contribution in [1.82, 2.24) is 0 Å². The highest BCUT2D eigenvalue weighted by Crippen LogP contribution is 2.38. The number of ether oxygens (including phenoxy) is 2. The van der Waals surface area contributed by atoms with E-state index in [1.54, 1.807) is 26.2 Å². The largest absolute Gasteiger partial charge is 0.497 e. The van der Waals surface area contributed by atoms with Crippen LogP contribution in [0.15, 0.2) is 59.0 Å². The number of carbonyl (C=O) groups excluding carboxylic acids is 1. The average molecular weight is 361 g/mol. The van der Waals surface area contributed by atoms with Crippen LogP contribution in [0.1, 0.15) is 18.2 Å². The van der Waals surface area contributed by atoms with Crippen molar-refractivity contribution in [3.8, 4) is 34.3 Å². The van der Waals surface area contributed by atoms with Gasteiger partial charge in [0.1, 0.15) is 29.6 Å². The second kappa shape index (κ2) is 8.24. The molecular formula is C22H19NO4. The minimum absolute atomic E-state index is 0.0449. The van der Waals surface area contributed by atoms with Gasteiger partial charge in [-0.05, 0) is 24.6 Å². The Bertz CT molecular complexity index is 966. The van der Waals surface area contributed by atoms with Crippen molar-refractivity contribution in [3.63, 3.8) is 0 Å². The third-order valence-corrected chi connectivity index (χ3v) is 4.12. The molecule has 27 heavy (non-hydrogen) atoms. The molecule has 0 bridgehead atoms. The van der Waals surface area contributed by atoms with Gasteiger partial charge in [0, 0.05) is 11.1 Å². The number of benzene rings is 2. The van der Waals surface area contributed by atoms with E-state index in [9.17, 15) is 10.1 Å². The third kappa shape index (κ3) is 3.85. The van der Waals surface area contributed by atoms with Gasteiger partial charge in [-0.25, -0.2) is 0 Å². The van der Waals surface area contributed by atoms with E-state index in [0.717, 1.165) is 11.1 Å². The predicted molar refractivity (Wildman–Crippen MR) is 101 cm³/mol. The maximum atomic E-state index is 12.1. The fourth-order valence-corrected chi connectivity index (χ4v) is 2.91. The summed E-state index contributed by atoms with van der Waals surface area (Å²) in [5, 5.41) is 9.82. The van der Waals surface area contributed by atoms with E-state index in [1.807, 2.05) is 42.5 Å². The minimum atomic E-state index is -0.398. The fraction of sp³-hybridized carbons (Fsp3) is 0.182. The lowest BCUT2D eigenvalue weighted by Crippen LogP contribution is -2.07. The number of furan rings is 1. The fourth-order valence-electron chi connectivity index (χ4n) is 2.91. The molecule has 5 nitrogen and oxygen atoms in total. The molecule has 0 fully saturated rings. The Hall–Kier alpha value is -3.52. The first-order chi connectivity index (χ1) is 13.2. The number of rotatable bonds is 6. The van der Waals surface area contributed by atoms with Gasteiger partial charge in [0.2, 0.25) is 0 Å². The van der Waals surface area contributed by atoms with Gasteiger partial charge in [0.05, 0.1) is 13.7 Å². The molecule has 0 atom stereocenters. The van der Waals surface area contributed by atoms with Crippen LogP contribution in [-0.2, 0) is 16.0 Å². The number of hydrogen-bond donors (Lipinski definition) is 0. The molecule has 3 aromatic rings. The molecule has 0 spiro atoms. The van der Waals surface area contributed by atoms with Crippen molar-refractivity contribution in [2.75, 3.05) is 13.7 Å². The second-order valence-electron chi connectivity index (χ2n) is 5.79. The molecule has 0 aliphatic heterocycles. The van der Waals surface area contributed by atoms with Crippen molar-refractivity contribution in [2.24, 2.45) is 0 Å². The van der Waals surface area contributed by atoms with Crippen molar-refractivity contribution >= 4 is 5.97 Å². The Balaban J connectivity index is 2.16. The van der Waals surface area contributed by atoms with Crippen LogP contribution < -0.4 is 4.74 Å². The van der Waals surface area contributed by atoms with E-state index in [1.165, 1.54) is 0 Å². The summed E-state index contributed by atoms with van der Waals surface area (Å²) in [5.74, 6) is 1.17. The van der Waals surface area contributed by atoms with Crippen LogP contribution in [0.2, 0.25) is 0 Å². The molecule has 0 aliphatic carbocycles. The van der Waals surface area contributed by atoms with Crippen LogP contribution in [0, 0.1) is 11.3 Å². The first kappa shape index (κ1) is 18.3. The third-order valence-electron chi connectivity index (χ3n) is 4.12. The summed E-state index contributed by atoms with van der Waals surface area (Å²) >= 11 is 0. The molecule has 1 aromatic heterocycles. The zero-order valence-electron chi connectivity index (χ0n) is 15.2. The monoisotopic (exact) mass is 361 g/mol. The normalized spacial score (nSPS) is 10.3. The summed E-state index contributed by atoms with van der Waals surface area (Å²) in [6.07, 6.45) is -0.0449. The van der Waals surface area contributed by atoms with Crippen LogP contribution in [0.3, 0.4) is 0 Å². The lowest BCUT2D eigenvalue weighted by molar-refractivity contribution is -0.142. The van der Waals surface area contributed by atoms with Gasteiger partial charge in [0.25, 0.3) is 0 Å². The van der Waals surface area contributed by atoms with Crippen LogP contribution >= 0.6 is 0 Å². The standard InChI is InChI=1S/C22H19NO4/c1-3-26-20(24)13-19-21(15-9-11-17(25-2)12-10-15)18(14-23)22(27-19)16-7-5-4-6-8-16/h4-12H,3,13H2,1-2H3. The van der Waals surface area contributed by atoms with E-state index >= 15 is 0 Å². The molecule has 2 aromatic carbocycles.